The normalized spacial score (nSPS) is 11.2. The molecule has 0 aliphatic rings. The van der Waals surface area contributed by atoms with Crippen LogP contribution in [-0.2, 0) is 11.3 Å². The summed E-state index contributed by atoms with van der Waals surface area (Å²) in [4.78, 5) is 24.4. The monoisotopic (exact) mass is 389 g/mol. The molecule has 0 spiro atoms. The molecule has 0 radical (unpaired) electrons. The first-order valence-electron chi connectivity index (χ1n) is 9.27. The molecule has 0 saturated heterocycles. The van der Waals surface area contributed by atoms with Gasteiger partial charge in [-0.2, -0.15) is 5.10 Å². The van der Waals surface area contributed by atoms with Crippen molar-refractivity contribution in [3.8, 4) is 5.75 Å². The van der Waals surface area contributed by atoms with E-state index in [0.717, 1.165) is 22.1 Å². The highest BCUT2D eigenvalue weighted by Gasteiger charge is 2.07. The maximum Gasteiger partial charge on any atom is 0.271 e. The first-order chi connectivity index (χ1) is 14.0. The van der Waals surface area contributed by atoms with Crippen LogP contribution in [0.5, 0.6) is 5.75 Å². The molecule has 0 saturated carbocycles. The van der Waals surface area contributed by atoms with Gasteiger partial charge in [-0.3, -0.25) is 9.59 Å². The number of rotatable bonds is 7. The van der Waals surface area contributed by atoms with Crippen LogP contribution in [0.3, 0.4) is 0 Å². The van der Waals surface area contributed by atoms with Gasteiger partial charge in [0, 0.05) is 17.8 Å². The van der Waals surface area contributed by atoms with Crippen molar-refractivity contribution in [2.45, 2.75) is 19.9 Å². The molecular weight excluding hydrogens is 366 g/mol. The lowest BCUT2D eigenvalue weighted by Crippen LogP contribution is -2.26. The average Bonchev–Trinajstić information content (AvgIpc) is 2.76. The van der Waals surface area contributed by atoms with Crippen molar-refractivity contribution in [1.29, 1.82) is 0 Å². The zero-order valence-corrected chi connectivity index (χ0v) is 16.4. The molecule has 0 heterocycles. The molecule has 0 fully saturated rings. The molecule has 3 aromatic rings. The number of methoxy groups -OCH3 is 1. The van der Waals surface area contributed by atoms with E-state index in [-0.39, 0.29) is 18.2 Å². The lowest BCUT2D eigenvalue weighted by molar-refractivity contribution is -0.120. The summed E-state index contributed by atoms with van der Waals surface area (Å²) in [6.07, 6.45) is 0.105. The number of ether oxygens (including phenoxy) is 1. The zero-order valence-electron chi connectivity index (χ0n) is 16.4. The predicted molar refractivity (Wildman–Crippen MR) is 114 cm³/mol. The van der Waals surface area contributed by atoms with Gasteiger partial charge in [-0.1, -0.05) is 42.5 Å². The molecule has 3 aromatic carbocycles. The molecule has 6 heteroatoms. The first-order valence-corrected chi connectivity index (χ1v) is 9.27. The molecule has 0 unspecified atom stereocenters. The maximum absolute atomic E-state index is 12.3. The van der Waals surface area contributed by atoms with Crippen LogP contribution < -0.4 is 15.5 Å². The number of hydrogen-bond acceptors (Lipinski definition) is 4. The Morgan fingerprint density at radius 3 is 2.41 bits per heavy atom. The van der Waals surface area contributed by atoms with Gasteiger partial charge in [0.1, 0.15) is 5.75 Å². The van der Waals surface area contributed by atoms with E-state index in [9.17, 15) is 9.59 Å². The highest BCUT2D eigenvalue weighted by Crippen LogP contribution is 2.15. The number of carbonyl (C=O) groups is 2. The summed E-state index contributed by atoms with van der Waals surface area (Å²) in [5.41, 5.74) is 4.52. The highest BCUT2D eigenvalue weighted by molar-refractivity contribution is 6.02. The Balaban J connectivity index is 1.50. The molecule has 0 aliphatic heterocycles. The predicted octanol–water partition coefficient (Wildman–Crippen LogP) is 3.66. The van der Waals surface area contributed by atoms with Gasteiger partial charge >= 0.3 is 0 Å². The molecule has 29 heavy (non-hydrogen) atoms. The molecule has 3 rings (SSSR count). The Bertz CT molecular complexity index is 1040. The average molecular weight is 389 g/mol. The van der Waals surface area contributed by atoms with E-state index in [0.29, 0.717) is 17.8 Å². The minimum atomic E-state index is -0.311. The fourth-order valence-corrected chi connectivity index (χ4v) is 2.82. The Kier molecular flexibility index (Phi) is 6.58. The first kappa shape index (κ1) is 20.1. The molecule has 0 bridgehead atoms. The molecule has 2 N–H and O–H groups in total. The summed E-state index contributed by atoms with van der Waals surface area (Å²) in [5, 5.41) is 8.92. The van der Waals surface area contributed by atoms with E-state index >= 15 is 0 Å². The second-order valence-electron chi connectivity index (χ2n) is 6.65. The van der Waals surface area contributed by atoms with Crippen LogP contribution in [-0.4, -0.2) is 24.6 Å². The fraction of sp³-hybridized carbons (Fsp3) is 0.174. The lowest BCUT2D eigenvalue weighted by Gasteiger charge is -2.07. The van der Waals surface area contributed by atoms with Crippen LogP contribution in [0.15, 0.2) is 71.8 Å². The summed E-state index contributed by atoms with van der Waals surface area (Å²) < 4.78 is 5.11. The van der Waals surface area contributed by atoms with Gasteiger partial charge in [0.25, 0.3) is 5.91 Å². The van der Waals surface area contributed by atoms with Crippen molar-refractivity contribution in [3.05, 3.63) is 77.9 Å². The summed E-state index contributed by atoms with van der Waals surface area (Å²) >= 11 is 0. The molecule has 2 amide bonds. The minimum Gasteiger partial charge on any atom is -0.497 e. The number of fused-ring (bicyclic) bond motifs is 1. The van der Waals surface area contributed by atoms with Gasteiger partial charge in [-0.15, -0.1) is 0 Å². The number of hydrogen-bond donors (Lipinski definition) is 2. The van der Waals surface area contributed by atoms with E-state index in [2.05, 4.69) is 15.8 Å². The topological polar surface area (TPSA) is 79.8 Å². The second-order valence-corrected chi connectivity index (χ2v) is 6.65. The van der Waals surface area contributed by atoms with Crippen molar-refractivity contribution in [2.24, 2.45) is 5.10 Å². The third-order valence-electron chi connectivity index (χ3n) is 4.43. The third kappa shape index (κ3) is 5.65. The number of amides is 2. The summed E-state index contributed by atoms with van der Waals surface area (Å²) in [6, 6.07) is 20.8. The van der Waals surface area contributed by atoms with Crippen LogP contribution in [0.2, 0.25) is 0 Å². The van der Waals surface area contributed by atoms with Gasteiger partial charge in [-0.05, 0) is 47.5 Å². The van der Waals surface area contributed by atoms with Gasteiger partial charge in [0.05, 0.1) is 13.5 Å². The number of benzene rings is 3. The number of nitrogens with zero attached hydrogens (tertiary/aromatic N) is 1. The molecular formula is C23H23N3O3. The Morgan fingerprint density at radius 2 is 1.69 bits per heavy atom. The molecule has 6 nitrogen and oxygen atoms in total. The number of nitrogens with one attached hydrogen (secondary N) is 2. The molecule has 0 aromatic heterocycles. The van der Waals surface area contributed by atoms with Crippen LogP contribution in [0.25, 0.3) is 10.8 Å². The van der Waals surface area contributed by atoms with Gasteiger partial charge < -0.3 is 10.1 Å². The van der Waals surface area contributed by atoms with Gasteiger partial charge in [0.15, 0.2) is 0 Å². The van der Waals surface area contributed by atoms with Crippen LogP contribution in [0.4, 0.5) is 0 Å². The van der Waals surface area contributed by atoms with E-state index in [1.165, 1.54) is 0 Å². The lowest BCUT2D eigenvalue weighted by atomic mass is 10.1. The van der Waals surface area contributed by atoms with E-state index in [1.807, 2.05) is 60.7 Å². The van der Waals surface area contributed by atoms with Crippen molar-refractivity contribution in [3.63, 3.8) is 0 Å². The highest BCUT2D eigenvalue weighted by atomic mass is 16.5. The van der Waals surface area contributed by atoms with Crippen LogP contribution in [0.1, 0.15) is 29.3 Å². The second kappa shape index (κ2) is 9.50. The van der Waals surface area contributed by atoms with E-state index in [4.69, 9.17) is 4.74 Å². The smallest absolute Gasteiger partial charge is 0.271 e. The van der Waals surface area contributed by atoms with Gasteiger partial charge in [-0.25, -0.2) is 5.43 Å². The summed E-state index contributed by atoms with van der Waals surface area (Å²) in [5.74, 6) is 0.293. The Labute approximate surface area is 169 Å². The fourth-order valence-electron chi connectivity index (χ4n) is 2.82. The van der Waals surface area contributed by atoms with Crippen molar-refractivity contribution >= 4 is 28.3 Å². The van der Waals surface area contributed by atoms with Gasteiger partial charge in [0.2, 0.25) is 5.91 Å². The summed E-state index contributed by atoms with van der Waals surface area (Å²) in [7, 11) is 1.61. The van der Waals surface area contributed by atoms with E-state index in [1.54, 1.807) is 20.1 Å². The molecule has 148 valence electrons. The van der Waals surface area contributed by atoms with Crippen molar-refractivity contribution < 1.29 is 14.3 Å². The van der Waals surface area contributed by atoms with Crippen molar-refractivity contribution in [2.75, 3.05) is 7.11 Å². The Hall–Kier alpha value is -3.67. The van der Waals surface area contributed by atoms with Crippen molar-refractivity contribution in [1.82, 2.24) is 10.7 Å². The molecule has 0 atom stereocenters. The standard InChI is InChI=1S/C23H23N3O3/c1-16(13-22(27)24-15-17-7-11-21(29-2)12-8-17)25-26-23(28)20-10-9-18-5-3-4-6-19(18)14-20/h3-12,14H,13,15H2,1-2H3,(H,24,27)(H,26,28). The molecule has 0 aliphatic carbocycles. The zero-order chi connectivity index (χ0) is 20.6. The van der Waals surface area contributed by atoms with Crippen LogP contribution in [0, 0.1) is 0 Å². The number of hydrazone groups is 1. The maximum atomic E-state index is 12.3. The van der Waals surface area contributed by atoms with E-state index < -0.39 is 0 Å². The van der Waals surface area contributed by atoms with Crippen LogP contribution >= 0.6 is 0 Å². The summed E-state index contributed by atoms with van der Waals surface area (Å²) in [6.45, 7) is 2.12. The quantitative estimate of drug-likeness (QED) is 0.478. The minimum absolute atomic E-state index is 0.105. The SMILES string of the molecule is COc1ccc(CNC(=O)CC(C)=NNC(=O)c2ccc3ccccc3c2)cc1. The number of carbonyl (C=O) groups excluding carboxylic acids is 2. The largest absolute Gasteiger partial charge is 0.497 e. The third-order valence-corrected chi connectivity index (χ3v) is 4.43. The Morgan fingerprint density at radius 1 is 0.966 bits per heavy atom.